The summed E-state index contributed by atoms with van der Waals surface area (Å²) in [6, 6.07) is 14.5. The molecule has 1 atom stereocenters. The van der Waals surface area contributed by atoms with Gasteiger partial charge in [0.15, 0.2) is 11.6 Å². The first-order valence-electron chi connectivity index (χ1n) is 9.07. The van der Waals surface area contributed by atoms with Gasteiger partial charge in [-0.3, -0.25) is 9.59 Å². The SMILES string of the molecule is CC(=O)C1=NN(c2ccc(Cl)cc2)C(=O)C2Cc3c([nH]c4ccccc34)CN12. The third kappa shape index (κ3) is 2.52. The Morgan fingerprint density at radius 3 is 2.68 bits per heavy atom. The molecule has 1 amide bonds. The van der Waals surface area contributed by atoms with Crippen LogP contribution in [0.1, 0.15) is 18.2 Å². The molecular formula is C21H17ClN4O2. The van der Waals surface area contributed by atoms with Crippen molar-refractivity contribution in [1.29, 1.82) is 0 Å². The predicted octanol–water partition coefficient (Wildman–Crippen LogP) is 3.50. The van der Waals surface area contributed by atoms with Crippen LogP contribution >= 0.6 is 11.6 Å². The van der Waals surface area contributed by atoms with E-state index in [9.17, 15) is 9.59 Å². The summed E-state index contributed by atoms with van der Waals surface area (Å²) >= 11 is 5.97. The van der Waals surface area contributed by atoms with E-state index in [-0.39, 0.29) is 11.7 Å². The number of halogens is 1. The Morgan fingerprint density at radius 2 is 1.93 bits per heavy atom. The van der Waals surface area contributed by atoms with Gasteiger partial charge in [0.2, 0.25) is 0 Å². The number of H-pyrrole nitrogens is 1. The van der Waals surface area contributed by atoms with Gasteiger partial charge in [-0.1, -0.05) is 29.8 Å². The number of carbonyl (C=O) groups excluding carboxylic acids is 2. The highest BCUT2D eigenvalue weighted by Crippen LogP contribution is 2.34. The van der Waals surface area contributed by atoms with E-state index >= 15 is 0 Å². The van der Waals surface area contributed by atoms with E-state index in [0.29, 0.717) is 29.5 Å². The van der Waals surface area contributed by atoms with Crippen molar-refractivity contribution >= 4 is 45.7 Å². The maximum absolute atomic E-state index is 13.3. The quantitative estimate of drug-likeness (QED) is 0.725. The number of benzene rings is 2. The number of nitrogens with zero attached hydrogens (tertiary/aromatic N) is 3. The molecule has 0 spiro atoms. The number of hydrogen-bond acceptors (Lipinski definition) is 4. The predicted molar refractivity (Wildman–Crippen MR) is 108 cm³/mol. The van der Waals surface area contributed by atoms with E-state index in [2.05, 4.69) is 16.2 Å². The van der Waals surface area contributed by atoms with Crippen molar-refractivity contribution in [2.45, 2.75) is 25.9 Å². The minimum absolute atomic E-state index is 0.150. The zero-order valence-electron chi connectivity index (χ0n) is 15.1. The highest BCUT2D eigenvalue weighted by Gasteiger charge is 2.42. The molecule has 0 fully saturated rings. The Hall–Kier alpha value is -3.12. The van der Waals surface area contributed by atoms with Gasteiger partial charge in [0.25, 0.3) is 5.91 Å². The number of hydrazone groups is 1. The van der Waals surface area contributed by atoms with Gasteiger partial charge in [-0.25, -0.2) is 0 Å². The second-order valence-corrected chi connectivity index (χ2v) is 7.52. The Bertz CT molecular complexity index is 1150. The monoisotopic (exact) mass is 392 g/mol. The number of rotatable bonds is 2. The van der Waals surface area contributed by atoms with Crippen molar-refractivity contribution in [3.05, 3.63) is 64.8 Å². The lowest BCUT2D eigenvalue weighted by atomic mass is 9.94. The van der Waals surface area contributed by atoms with Crippen LogP contribution in [0.3, 0.4) is 0 Å². The number of aromatic amines is 1. The van der Waals surface area contributed by atoms with Crippen molar-refractivity contribution in [2.75, 3.05) is 5.01 Å². The first-order valence-corrected chi connectivity index (χ1v) is 9.45. The summed E-state index contributed by atoms with van der Waals surface area (Å²) in [5.41, 5.74) is 3.79. The van der Waals surface area contributed by atoms with Crippen LogP contribution in [-0.4, -0.2) is 33.5 Å². The molecule has 0 saturated heterocycles. The molecule has 0 saturated carbocycles. The zero-order chi connectivity index (χ0) is 19.4. The van der Waals surface area contributed by atoms with Crippen LogP contribution in [0, 0.1) is 0 Å². The van der Waals surface area contributed by atoms with Crippen LogP contribution in [0.4, 0.5) is 5.69 Å². The number of Topliss-reactive ketones (excluding diaryl/α,β-unsaturated/α-hetero) is 1. The Balaban J connectivity index is 1.62. The lowest BCUT2D eigenvalue weighted by Gasteiger charge is -2.41. The fraction of sp³-hybridized carbons (Fsp3) is 0.190. The standard InChI is InChI=1S/C21H17ClN4O2/c1-12(27)20-24-26(14-8-6-13(22)7-9-14)21(28)19-10-16-15-4-2-3-5-17(15)23-18(16)11-25(19)20/h2-9,19,23H,10-11H2,1H3. The fourth-order valence-electron chi connectivity index (χ4n) is 4.03. The molecule has 2 aromatic carbocycles. The van der Waals surface area contributed by atoms with E-state index in [4.69, 9.17) is 11.6 Å². The molecule has 3 aromatic rings. The summed E-state index contributed by atoms with van der Waals surface area (Å²) in [5, 5.41) is 7.42. The number of fused-ring (bicyclic) bond motifs is 4. The number of anilines is 1. The molecule has 2 aliphatic rings. The van der Waals surface area contributed by atoms with Crippen molar-refractivity contribution in [1.82, 2.24) is 9.88 Å². The number of aromatic nitrogens is 1. The maximum Gasteiger partial charge on any atom is 0.270 e. The third-order valence-electron chi connectivity index (χ3n) is 5.35. The first kappa shape index (κ1) is 17.0. The zero-order valence-corrected chi connectivity index (χ0v) is 15.9. The number of carbonyl (C=O) groups is 2. The Labute approximate surface area is 166 Å². The van der Waals surface area contributed by atoms with Crippen molar-refractivity contribution in [2.24, 2.45) is 5.10 Å². The van der Waals surface area contributed by atoms with Gasteiger partial charge in [0.05, 0.1) is 12.2 Å². The van der Waals surface area contributed by atoms with Crippen LogP contribution in [0.5, 0.6) is 0 Å². The van der Waals surface area contributed by atoms with E-state index in [1.54, 1.807) is 24.3 Å². The molecule has 6 nitrogen and oxygen atoms in total. The Kier molecular flexibility index (Phi) is 3.77. The van der Waals surface area contributed by atoms with Gasteiger partial charge in [-0.15, -0.1) is 5.10 Å². The summed E-state index contributed by atoms with van der Waals surface area (Å²) in [4.78, 5) is 30.9. The number of para-hydroxylation sites is 1. The van der Waals surface area contributed by atoms with Crippen LogP contribution in [-0.2, 0) is 22.6 Å². The Morgan fingerprint density at radius 1 is 1.18 bits per heavy atom. The summed E-state index contributed by atoms with van der Waals surface area (Å²) in [6.07, 6.45) is 0.522. The van der Waals surface area contributed by atoms with Crippen molar-refractivity contribution < 1.29 is 9.59 Å². The summed E-state index contributed by atoms with van der Waals surface area (Å²) in [5.74, 6) is -0.0249. The third-order valence-corrected chi connectivity index (χ3v) is 5.60. The molecule has 0 radical (unpaired) electrons. The topological polar surface area (TPSA) is 68.8 Å². The number of nitrogens with one attached hydrogen (secondary N) is 1. The minimum atomic E-state index is -0.473. The van der Waals surface area contributed by atoms with Gasteiger partial charge in [-0.2, -0.15) is 5.01 Å². The fourth-order valence-corrected chi connectivity index (χ4v) is 4.16. The van der Waals surface area contributed by atoms with E-state index < -0.39 is 6.04 Å². The molecule has 2 aliphatic heterocycles. The molecule has 140 valence electrons. The second-order valence-electron chi connectivity index (χ2n) is 7.08. The molecule has 1 aromatic heterocycles. The average Bonchev–Trinajstić information content (AvgIpc) is 3.05. The molecule has 1 unspecified atom stereocenters. The summed E-state index contributed by atoms with van der Waals surface area (Å²) in [7, 11) is 0. The van der Waals surface area contributed by atoms with E-state index in [0.717, 1.165) is 22.2 Å². The first-order chi connectivity index (χ1) is 13.5. The van der Waals surface area contributed by atoms with Crippen molar-refractivity contribution in [3.63, 3.8) is 0 Å². The molecule has 3 heterocycles. The van der Waals surface area contributed by atoms with Gasteiger partial charge < -0.3 is 9.88 Å². The van der Waals surface area contributed by atoms with Gasteiger partial charge >= 0.3 is 0 Å². The van der Waals surface area contributed by atoms with E-state index in [1.807, 2.05) is 23.1 Å². The van der Waals surface area contributed by atoms with Crippen LogP contribution in [0.2, 0.25) is 5.02 Å². The molecule has 28 heavy (non-hydrogen) atoms. The number of hydrogen-bond donors (Lipinski definition) is 1. The lowest BCUT2D eigenvalue weighted by molar-refractivity contribution is -0.124. The summed E-state index contributed by atoms with van der Waals surface area (Å²) < 4.78 is 0. The minimum Gasteiger partial charge on any atom is -0.357 e. The van der Waals surface area contributed by atoms with Crippen LogP contribution < -0.4 is 5.01 Å². The lowest BCUT2D eigenvalue weighted by Crippen LogP contribution is -2.58. The normalized spacial score (nSPS) is 18.7. The molecule has 1 N–H and O–H groups in total. The number of amidine groups is 1. The number of amides is 1. The summed E-state index contributed by atoms with van der Waals surface area (Å²) in [6.45, 7) is 1.93. The molecule has 0 aliphatic carbocycles. The highest BCUT2D eigenvalue weighted by molar-refractivity contribution is 6.39. The van der Waals surface area contributed by atoms with Crippen molar-refractivity contribution in [3.8, 4) is 0 Å². The van der Waals surface area contributed by atoms with E-state index in [1.165, 1.54) is 11.9 Å². The molecular weight excluding hydrogens is 376 g/mol. The van der Waals surface area contributed by atoms with Crippen LogP contribution in [0.15, 0.2) is 53.6 Å². The number of ketones is 1. The highest BCUT2D eigenvalue weighted by atomic mass is 35.5. The van der Waals surface area contributed by atoms with Gasteiger partial charge in [0.1, 0.15) is 6.04 Å². The smallest absolute Gasteiger partial charge is 0.270 e. The molecule has 5 rings (SSSR count). The molecule has 0 bridgehead atoms. The van der Waals surface area contributed by atoms with Gasteiger partial charge in [-0.05, 0) is 35.9 Å². The molecule has 7 heteroatoms. The second kappa shape index (κ2) is 6.21. The maximum atomic E-state index is 13.3. The largest absolute Gasteiger partial charge is 0.357 e. The van der Waals surface area contributed by atoms with Gasteiger partial charge in [0, 0.05) is 35.0 Å². The van der Waals surface area contributed by atoms with Crippen LogP contribution in [0.25, 0.3) is 10.9 Å². The average molecular weight is 393 g/mol.